The number of anilines is 1. The molecule has 0 saturated carbocycles. The van der Waals surface area contributed by atoms with E-state index in [2.05, 4.69) is 42.5 Å². The van der Waals surface area contributed by atoms with Crippen molar-refractivity contribution in [3.8, 4) is 10.4 Å². The molecule has 1 heterocycles. The molecule has 5 aliphatic carbocycles. The first-order valence-corrected chi connectivity index (χ1v) is 10.7. The first-order chi connectivity index (χ1) is 12.8. The van der Waals surface area contributed by atoms with Gasteiger partial charge in [0.2, 0.25) is 0 Å². The first-order valence-electron chi connectivity index (χ1n) is 9.88. The van der Waals surface area contributed by atoms with E-state index in [1.807, 2.05) is 11.3 Å². The van der Waals surface area contributed by atoms with Crippen LogP contribution >= 0.6 is 11.3 Å². The predicted molar refractivity (Wildman–Crippen MR) is 112 cm³/mol. The molecule has 0 spiro atoms. The Labute approximate surface area is 159 Å². The van der Waals surface area contributed by atoms with Gasteiger partial charge in [-0.3, -0.25) is 0 Å². The van der Waals surface area contributed by atoms with Crippen molar-refractivity contribution in [2.45, 2.75) is 51.4 Å². The molecular formula is C24H25NS. The summed E-state index contributed by atoms with van der Waals surface area (Å²) < 4.78 is 0. The second-order valence-corrected chi connectivity index (χ2v) is 8.89. The summed E-state index contributed by atoms with van der Waals surface area (Å²) in [6.45, 7) is 0. The van der Waals surface area contributed by atoms with Gasteiger partial charge in [-0.2, -0.15) is 0 Å². The summed E-state index contributed by atoms with van der Waals surface area (Å²) >= 11 is 1.99. The molecule has 1 nitrogen and oxygen atoms in total. The average molecular weight is 360 g/mol. The van der Waals surface area contributed by atoms with E-state index >= 15 is 0 Å². The second-order valence-electron chi connectivity index (χ2n) is 7.76. The van der Waals surface area contributed by atoms with Gasteiger partial charge >= 0.3 is 0 Å². The van der Waals surface area contributed by atoms with Gasteiger partial charge in [-0.15, -0.1) is 11.3 Å². The highest BCUT2D eigenvalue weighted by molar-refractivity contribution is 7.15. The zero-order chi connectivity index (χ0) is 17.5. The van der Waals surface area contributed by atoms with Crippen LogP contribution in [0.15, 0.2) is 42.5 Å². The number of hydrogen-bond donors (Lipinski definition) is 1. The van der Waals surface area contributed by atoms with E-state index < -0.39 is 0 Å². The maximum Gasteiger partial charge on any atom is 0.0437 e. The molecule has 4 bridgehead atoms. The summed E-state index contributed by atoms with van der Waals surface area (Å²) in [5.74, 6) is 0. The molecule has 0 unspecified atom stereocenters. The lowest BCUT2D eigenvalue weighted by Crippen LogP contribution is -2.05. The SMILES string of the molecule is Nc1c2ccc(c1-c1cc3c(s1)CCCC3)CCc1ccc(cc1)CC2. The maximum atomic E-state index is 6.76. The third-order valence-corrected chi connectivity index (χ3v) is 7.31. The van der Waals surface area contributed by atoms with Crippen molar-refractivity contribution in [3.05, 3.63) is 75.2 Å². The lowest BCUT2D eigenvalue weighted by Gasteiger charge is -2.17. The van der Waals surface area contributed by atoms with E-state index in [1.165, 1.54) is 58.4 Å². The van der Waals surface area contributed by atoms with E-state index in [0.717, 1.165) is 31.4 Å². The summed E-state index contributed by atoms with van der Waals surface area (Å²) in [6.07, 6.45) is 9.38. The Balaban J connectivity index is 1.62. The molecular weight excluding hydrogens is 334 g/mol. The Hall–Kier alpha value is -2.06. The maximum absolute atomic E-state index is 6.76. The van der Waals surface area contributed by atoms with E-state index in [0.29, 0.717) is 0 Å². The van der Waals surface area contributed by atoms with Gasteiger partial charge in [0.25, 0.3) is 0 Å². The van der Waals surface area contributed by atoms with Crippen LogP contribution in [-0.4, -0.2) is 0 Å². The zero-order valence-corrected chi connectivity index (χ0v) is 16.0. The van der Waals surface area contributed by atoms with Gasteiger partial charge in [0.05, 0.1) is 0 Å². The van der Waals surface area contributed by atoms with Crippen LogP contribution in [0.4, 0.5) is 5.69 Å². The summed E-state index contributed by atoms with van der Waals surface area (Å²) in [7, 11) is 0. The van der Waals surface area contributed by atoms with Gasteiger partial charge < -0.3 is 5.73 Å². The van der Waals surface area contributed by atoms with Gasteiger partial charge in [-0.05, 0) is 85.3 Å². The van der Waals surface area contributed by atoms with Crippen molar-refractivity contribution >= 4 is 17.0 Å². The number of aryl methyl sites for hydroxylation is 6. The molecule has 26 heavy (non-hydrogen) atoms. The Kier molecular flexibility index (Phi) is 4.09. The molecule has 2 heteroatoms. The largest absolute Gasteiger partial charge is 0.398 e. The molecule has 2 aromatic carbocycles. The van der Waals surface area contributed by atoms with Crippen LogP contribution in [0, 0.1) is 0 Å². The normalized spacial score (nSPS) is 16.2. The molecule has 8 rings (SSSR count). The van der Waals surface area contributed by atoms with E-state index in [-0.39, 0.29) is 0 Å². The molecule has 0 saturated heterocycles. The molecule has 3 aromatic rings. The number of nitrogens with two attached hydrogens (primary N) is 1. The van der Waals surface area contributed by atoms with Crippen molar-refractivity contribution in [2.24, 2.45) is 0 Å². The third kappa shape index (κ3) is 2.87. The van der Waals surface area contributed by atoms with Gasteiger partial charge in [0.15, 0.2) is 0 Å². The number of fused-ring (bicyclic) bond motifs is 1. The fraction of sp³-hybridized carbons (Fsp3) is 0.333. The van der Waals surface area contributed by atoms with Crippen molar-refractivity contribution in [1.82, 2.24) is 0 Å². The lowest BCUT2D eigenvalue weighted by molar-refractivity contribution is 0.697. The van der Waals surface area contributed by atoms with Crippen LogP contribution < -0.4 is 5.73 Å². The van der Waals surface area contributed by atoms with Gasteiger partial charge in [-0.1, -0.05) is 36.4 Å². The number of benzene rings is 2. The Morgan fingerprint density at radius 1 is 0.654 bits per heavy atom. The van der Waals surface area contributed by atoms with Gasteiger partial charge in [0.1, 0.15) is 0 Å². The van der Waals surface area contributed by atoms with E-state index in [9.17, 15) is 0 Å². The van der Waals surface area contributed by atoms with E-state index in [1.54, 1.807) is 10.4 Å². The van der Waals surface area contributed by atoms with Crippen LogP contribution in [0.3, 0.4) is 0 Å². The molecule has 0 amide bonds. The molecule has 132 valence electrons. The molecule has 1 aromatic heterocycles. The monoisotopic (exact) mass is 359 g/mol. The lowest BCUT2D eigenvalue weighted by atomic mass is 9.90. The smallest absolute Gasteiger partial charge is 0.0437 e. The van der Waals surface area contributed by atoms with Crippen molar-refractivity contribution in [1.29, 1.82) is 0 Å². The van der Waals surface area contributed by atoms with Crippen LogP contribution in [0.2, 0.25) is 0 Å². The number of hydrogen-bond acceptors (Lipinski definition) is 2. The first kappa shape index (κ1) is 16.1. The number of nitrogen functional groups attached to an aromatic ring is 1. The average Bonchev–Trinajstić information content (AvgIpc) is 3.08. The molecule has 0 atom stereocenters. The molecule has 0 fully saturated rings. The minimum atomic E-state index is 1.02. The molecule has 5 aliphatic rings. The molecule has 2 N–H and O–H groups in total. The van der Waals surface area contributed by atoms with Gasteiger partial charge in [-0.25, -0.2) is 0 Å². The summed E-state index contributed by atoms with van der Waals surface area (Å²) in [5.41, 5.74) is 16.2. The zero-order valence-electron chi connectivity index (χ0n) is 15.2. The van der Waals surface area contributed by atoms with E-state index in [4.69, 9.17) is 5.73 Å². The molecule has 0 aliphatic heterocycles. The molecule has 0 radical (unpaired) electrons. The number of thiophene rings is 1. The summed E-state index contributed by atoms with van der Waals surface area (Å²) in [5, 5.41) is 0. The summed E-state index contributed by atoms with van der Waals surface area (Å²) in [4.78, 5) is 3.00. The predicted octanol–water partition coefficient (Wildman–Crippen LogP) is 5.76. The highest BCUT2D eigenvalue weighted by Crippen LogP contribution is 2.41. The summed E-state index contributed by atoms with van der Waals surface area (Å²) in [6, 6.07) is 16.2. The second kappa shape index (κ2) is 6.59. The van der Waals surface area contributed by atoms with Crippen molar-refractivity contribution in [3.63, 3.8) is 0 Å². The third-order valence-electron chi connectivity index (χ3n) is 6.05. The highest BCUT2D eigenvalue weighted by atomic mass is 32.1. The minimum absolute atomic E-state index is 1.02. The van der Waals surface area contributed by atoms with Crippen LogP contribution in [0.5, 0.6) is 0 Å². The quantitative estimate of drug-likeness (QED) is 0.549. The van der Waals surface area contributed by atoms with Crippen LogP contribution in [-0.2, 0) is 38.5 Å². The van der Waals surface area contributed by atoms with Crippen molar-refractivity contribution in [2.75, 3.05) is 5.73 Å². The topological polar surface area (TPSA) is 26.0 Å². The fourth-order valence-corrected chi connectivity index (χ4v) is 5.82. The highest BCUT2D eigenvalue weighted by Gasteiger charge is 2.19. The Bertz CT molecular complexity index is 926. The Morgan fingerprint density at radius 3 is 2.04 bits per heavy atom. The standard InChI is InChI=1S/C24H25NS/c25-24-19-12-10-17-7-5-16(6-8-17)9-11-18(13-14-19)23(24)22-15-20-3-1-2-4-21(20)26-22/h5-8,13-15H,1-4,9-12,25H2. The minimum Gasteiger partial charge on any atom is -0.398 e. The van der Waals surface area contributed by atoms with Crippen LogP contribution in [0.1, 0.15) is 45.5 Å². The van der Waals surface area contributed by atoms with Crippen molar-refractivity contribution < 1.29 is 0 Å². The fourth-order valence-electron chi connectivity index (χ4n) is 4.47. The Morgan fingerprint density at radius 2 is 1.31 bits per heavy atom. The van der Waals surface area contributed by atoms with Gasteiger partial charge in [0, 0.05) is 21.0 Å². The van der Waals surface area contributed by atoms with Crippen LogP contribution in [0.25, 0.3) is 10.4 Å². The number of rotatable bonds is 1.